The molecule has 0 bridgehead atoms. The molecule has 84 valence electrons. The van der Waals surface area contributed by atoms with Crippen LogP contribution in [0, 0.1) is 0 Å². The van der Waals surface area contributed by atoms with Gasteiger partial charge in [-0.2, -0.15) is 8.42 Å². The van der Waals surface area contributed by atoms with E-state index in [0.29, 0.717) is 10.9 Å². The van der Waals surface area contributed by atoms with Crippen molar-refractivity contribution in [1.82, 2.24) is 4.98 Å². The van der Waals surface area contributed by atoms with Crippen molar-refractivity contribution in [2.45, 2.75) is 4.90 Å². The molecular formula is C10H8ClNO3S. The van der Waals surface area contributed by atoms with Gasteiger partial charge in [0.15, 0.2) is 5.15 Å². The van der Waals surface area contributed by atoms with Crippen molar-refractivity contribution >= 4 is 32.6 Å². The molecule has 0 radical (unpaired) electrons. The maximum atomic E-state index is 11.5. The zero-order chi connectivity index (χ0) is 11.8. The van der Waals surface area contributed by atoms with Crippen molar-refractivity contribution in [1.29, 1.82) is 0 Å². The third kappa shape index (κ3) is 1.89. The molecule has 1 aromatic carbocycles. The lowest BCUT2D eigenvalue weighted by Crippen LogP contribution is -2.04. The molecule has 1 heterocycles. The van der Waals surface area contributed by atoms with Crippen LogP contribution in [0.3, 0.4) is 0 Å². The first-order chi connectivity index (χ1) is 7.54. The summed E-state index contributed by atoms with van der Waals surface area (Å²) >= 11 is 5.80. The average molecular weight is 258 g/mol. The molecule has 0 amide bonds. The normalized spacial score (nSPS) is 11.9. The Morgan fingerprint density at radius 1 is 1.31 bits per heavy atom. The number of nitrogens with zero attached hydrogens (tertiary/aromatic N) is 1. The number of hydrogen-bond acceptors (Lipinski definition) is 4. The first kappa shape index (κ1) is 11.3. The van der Waals surface area contributed by atoms with Gasteiger partial charge in [-0.05, 0) is 12.1 Å². The first-order valence-electron chi connectivity index (χ1n) is 4.40. The summed E-state index contributed by atoms with van der Waals surface area (Å²) in [6.45, 7) is 0. The molecular weight excluding hydrogens is 250 g/mol. The molecule has 2 rings (SSSR count). The van der Waals surface area contributed by atoms with E-state index in [0.717, 1.165) is 7.11 Å². The van der Waals surface area contributed by atoms with Crippen molar-refractivity contribution in [2.75, 3.05) is 7.11 Å². The lowest BCUT2D eigenvalue weighted by molar-refractivity contribution is 0.397. The summed E-state index contributed by atoms with van der Waals surface area (Å²) in [5.41, 5.74) is 0.641. The van der Waals surface area contributed by atoms with Crippen LogP contribution in [0.4, 0.5) is 0 Å². The molecule has 0 aliphatic rings. The van der Waals surface area contributed by atoms with Gasteiger partial charge >= 0.3 is 0 Å². The Kier molecular flexibility index (Phi) is 2.84. The highest BCUT2D eigenvalue weighted by Gasteiger charge is 2.19. The predicted molar refractivity (Wildman–Crippen MR) is 60.9 cm³/mol. The smallest absolute Gasteiger partial charge is 0.270 e. The maximum absolute atomic E-state index is 11.5. The number of para-hydroxylation sites is 1. The molecule has 6 heteroatoms. The summed E-state index contributed by atoms with van der Waals surface area (Å²) in [5.74, 6) is 0. The fraction of sp³-hybridized carbons (Fsp3) is 0.100. The summed E-state index contributed by atoms with van der Waals surface area (Å²) in [4.78, 5) is 3.88. The van der Waals surface area contributed by atoms with Gasteiger partial charge < -0.3 is 0 Å². The number of rotatable bonds is 2. The highest BCUT2D eigenvalue weighted by Crippen LogP contribution is 2.25. The second-order valence-electron chi connectivity index (χ2n) is 3.09. The average Bonchev–Trinajstić information content (AvgIpc) is 2.28. The standard InChI is InChI=1S/C10H8ClNO3S/c1-15-16(13,14)9-6-7-4-2-3-5-8(7)12-10(9)11/h2-6H,1H3. The topological polar surface area (TPSA) is 56.3 Å². The van der Waals surface area contributed by atoms with Gasteiger partial charge in [-0.25, -0.2) is 4.98 Å². The monoisotopic (exact) mass is 257 g/mol. The van der Waals surface area contributed by atoms with Crippen LogP contribution in [0.1, 0.15) is 0 Å². The zero-order valence-corrected chi connectivity index (χ0v) is 9.92. The molecule has 0 spiro atoms. The quantitative estimate of drug-likeness (QED) is 0.611. The number of hydrogen-bond donors (Lipinski definition) is 0. The first-order valence-corrected chi connectivity index (χ1v) is 6.19. The highest BCUT2D eigenvalue weighted by atomic mass is 35.5. The fourth-order valence-corrected chi connectivity index (χ4v) is 2.47. The summed E-state index contributed by atoms with van der Waals surface area (Å²) in [6, 6.07) is 8.55. The molecule has 0 saturated heterocycles. The fourth-order valence-electron chi connectivity index (χ4n) is 1.34. The van der Waals surface area contributed by atoms with Gasteiger partial charge in [-0.3, -0.25) is 4.18 Å². The van der Waals surface area contributed by atoms with Crippen molar-refractivity contribution in [2.24, 2.45) is 0 Å². The molecule has 4 nitrogen and oxygen atoms in total. The summed E-state index contributed by atoms with van der Waals surface area (Å²) in [6.07, 6.45) is 0. The number of fused-ring (bicyclic) bond motifs is 1. The second-order valence-corrected chi connectivity index (χ2v) is 5.13. The van der Waals surface area contributed by atoms with Crippen molar-refractivity contribution in [3.05, 3.63) is 35.5 Å². The summed E-state index contributed by atoms with van der Waals surface area (Å²) in [5, 5.41) is 0.614. The third-order valence-corrected chi connectivity index (χ3v) is 3.82. The molecule has 1 aromatic heterocycles. The van der Waals surface area contributed by atoms with Gasteiger partial charge in [0, 0.05) is 5.39 Å². The van der Waals surface area contributed by atoms with Crippen LogP contribution in [0.15, 0.2) is 35.2 Å². The Morgan fingerprint density at radius 2 is 2.00 bits per heavy atom. The van der Waals surface area contributed by atoms with Crippen LogP contribution < -0.4 is 0 Å². The Bertz CT molecular complexity index is 640. The van der Waals surface area contributed by atoms with Crippen LogP contribution >= 0.6 is 11.6 Å². The molecule has 0 unspecified atom stereocenters. The molecule has 0 saturated carbocycles. The van der Waals surface area contributed by atoms with Crippen molar-refractivity contribution in [3.8, 4) is 0 Å². The number of pyridine rings is 1. The lowest BCUT2D eigenvalue weighted by atomic mass is 10.2. The summed E-state index contributed by atoms with van der Waals surface area (Å²) in [7, 11) is -2.73. The summed E-state index contributed by atoms with van der Waals surface area (Å²) < 4.78 is 27.4. The lowest BCUT2D eigenvalue weighted by Gasteiger charge is -2.05. The minimum absolute atomic E-state index is 0.0828. The molecule has 0 atom stereocenters. The minimum Gasteiger partial charge on any atom is -0.270 e. The maximum Gasteiger partial charge on any atom is 0.299 e. The van der Waals surface area contributed by atoms with Gasteiger partial charge in [0.1, 0.15) is 4.90 Å². The molecule has 0 aliphatic heterocycles. The highest BCUT2D eigenvalue weighted by molar-refractivity contribution is 7.86. The molecule has 16 heavy (non-hydrogen) atoms. The van der Waals surface area contributed by atoms with Crippen LogP contribution in [0.25, 0.3) is 10.9 Å². The van der Waals surface area contributed by atoms with E-state index in [1.165, 1.54) is 6.07 Å². The molecule has 0 N–H and O–H groups in total. The second kappa shape index (κ2) is 4.01. The Hall–Kier alpha value is -1.17. The Balaban J connectivity index is 2.78. The number of benzene rings is 1. The van der Waals surface area contributed by atoms with E-state index in [2.05, 4.69) is 9.17 Å². The van der Waals surface area contributed by atoms with Gasteiger partial charge in [0.25, 0.3) is 10.1 Å². The number of halogens is 1. The van der Waals surface area contributed by atoms with Crippen molar-refractivity contribution < 1.29 is 12.6 Å². The largest absolute Gasteiger partial charge is 0.299 e. The van der Waals surface area contributed by atoms with E-state index in [9.17, 15) is 8.42 Å². The molecule has 0 aliphatic carbocycles. The van der Waals surface area contributed by atoms with Crippen LogP contribution in [0.5, 0.6) is 0 Å². The molecule has 2 aromatic rings. The third-order valence-electron chi connectivity index (χ3n) is 2.13. The van der Waals surface area contributed by atoms with E-state index < -0.39 is 10.1 Å². The van der Waals surface area contributed by atoms with E-state index in [-0.39, 0.29) is 10.0 Å². The van der Waals surface area contributed by atoms with Gasteiger partial charge in [-0.1, -0.05) is 29.8 Å². The van der Waals surface area contributed by atoms with Crippen molar-refractivity contribution in [3.63, 3.8) is 0 Å². The SMILES string of the molecule is COS(=O)(=O)c1cc2ccccc2nc1Cl. The van der Waals surface area contributed by atoms with Gasteiger partial charge in [0.05, 0.1) is 12.6 Å². The Morgan fingerprint density at radius 3 is 2.69 bits per heavy atom. The van der Waals surface area contributed by atoms with E-state index in [1.807, 2.05) is 0 Å². The van der Waals surface area contributed by atoms with E-state index in [4.69, 9.17) is 11.6 Å². The van der Waals surface area contributed by atoms with Crippen LogP contribution in [-0.2, 0) is 14.3 Å². The number of aromatic nitrogens is 1. The van der Waals surface area contributed by atoms with E-state index in [1.54, 1.807) is 24.3 Å². The minimum atomic E-state index is -3.81. The van der Waals surface area contributed by atoms with E-state index >= 15 is 0 Å². The van der Waals surface area contributed by atoms with Crippen LogP contribution in [-0.4, -0.2) is 20.5 Å². The predicted octanol–water partition coefficient (Wildman–Crippen LogP) is 2.22. The van der Waals surface area contributed by atoms with Crippen LogP contribution in [0.2, 0.25) is 5.15 Å². The van der Waals surface area contributed by atoms with Gasteiger partial charge in [0.2, 0.25) is 0 Å². The molecule has 0 fully saturated rings. The Labute approximate surface area is 97.9 Å². The van der Waals surface area contributed by atoms with Gasteiger partial charge in [-0.15, -0.1) is 0 Å². The zero-order valence-electron chi connectivity index (χ0n) is 8.34.